The number of amides is 1. The van der Waals surface area contributed by atoms with Crippen LogP contribution in [0.15, 0.2) is 36.4 Å². The van der Waals surface area contributed by atoms with Crippen molar-refractivity contribution in [1.82, 2.24) is 0 Å². The van der Waals surface area contributed by atoms with E-state index in [9.17, 15) is 14.4 Å². The van der Waals surface area contributed by atoms with Crippen molar-refractivity contribution in [3.05, 3.63) is 52.6 Å². The summed E-state index contributed by atoms with van der Waals surface area (Å²) in [4.78, 5) is 35.6. The van der Waals surface area contributed by atoms with E-state index in [1.54, 1.807) is 18.2 Å². The lowest BCUT2D eigenvalue weighted by Gasteiger charge is -2.18. The van der Waals surface area contributed by atoms with Gasteiger partial charge in [0.05, 0.1) is 24.9 Å². The van der Waals surface area contributed by atoms with Crippen molar-refractivity contribution in [3.63, 3.8) is 0 Å². The number of anilines is 1. The van der Waals surface area contributed by atoms with E-state index < -0.39 is 18.4 Å². The molecule has 0 spiro atoms. The first-order valence-electron chi connectivity index (χ1n) is 8.77. The molecule has 0 atom stereocenters. The quantitative estimate of drug-likeness (QED) is 0.408. The molecule has 0 fully saturated rings. The van der Waals surface area contributed by atoms with Crippen LogP contribution in [0.4, 0.5) is 5.69 Å². The van der Waals surface area contributed by atoms with Gasteiger partial charge in [0, 0.05) is 11.6 Å². The molecule has 30 heavy (non-hydrogen) atoms. The van der Waals surface area contributed by atoms with E-state index in [0.717, 1.165) is 0 Å². The van der Waals surface area contributed by atoms with Gasteiger partial charge < -0.3 is 24.3 Å². The van der Waals surface area contributed by atoms with Crippen LogP contribution in [-0.2, 0) is 14.3 Å². The van der Waals surface area contributed by atoms with Crippen molar-refractivity contribution in [1.29, 1.82) is 0 Å². The molecule has 0 saturated heterocycles. The minimum absolute atomic E-state index is 0.0739. The fraction of sp³-hybridized carbons (Fsp3) is 0.190. The Bertz CT molecular complexity index is 1030. The molecule has 2 aromatic rings. The van der Waals surface area contributed by atoms with Crippen molar-refractivity contribution < 1.29 is 33.3 Å². The Morgan fingerprint density at radius 2 is 2.00 bits per heavy atom. The van der Waals surface area contributed by atoms with Gasteiger partial charge >= 0.3 is 5.97 Å². The smallest absolute Gasteiger partial charge is 0.331 e. The maximum atomic E-state index is 12.3. The monoisotopic (exact) mass is 431 g/mol. The third-order valence-corrected chi connectivity index (χ3v) is 4.43. The fourth-order valence-corrected chi connectivity index (χ4v) is 3.02. The molecule has 9 heteroatoms. The minimum atomic E-state index is -0.705. The number of carbonyl (C=O) groups excluding carboxylic acids is 3. The number of Topliss-reactive ketones (excluding diaryl/α,β-unsaturated/α-hetero) is 1. The summed E-state index contributed by atoms with van der Waals surface area (Å²) in [5.41, 5.74) is 1.27. The number of hydrogen-bond acceptors (Lipinski definition) is 7. The van der Waals surface area contributed by atoms with Crippen LogP contribution in [0.25, 0.3) is 6.08 Å². The summed E-state index contributed by atoms with van der Waals surface area (Å²) in [5, 5.41) is 2.94. The first-order chi connectivity index (χ1) is 14.4. The Balaban J connectivity index is 1.61. The molecular weight excluding hydrogens is 414 g/mol. The molecule has 0 unspecified atom stereocenters. The Hall–Kier alpha value is -3.52. The maximum absolute atomic E-state index is 12.3. The standard InChI is InChI=1S/C21H18ClNO7/c1-27-18-8-12(7-14(22)21(18)28-2)3-6-20(26)30-10-16(24)13-4-5-17-15(9-13)23-19(25)11-29-17/h3-9H,10-11H2,1-2H3,(H,23,25)/b6-3+. The Morgan fingerprint density at radius 1 is 1.20 bits per heavy atom. The van der Waals surface area contributed by atoms with Crippen LogP contribution in [-0.4, -0.2) is 45.1 Å². The number of methoxy groups -OCH3 is 2. The Morgan fingerprint density at radius 3 is 2.73 bits per heavy atom. The van der Waals surface area contributed by atoms with Crippen molar-refractivity contribution in [3.8, 4) is 17.2 Å². The van der Waals surface area contributed by atoms with E-state index in [1.807, 2.05) is 0 Å². The predicted molar refractivity (Wildman–Crippen MR) is 109 cm³/mol. The maximum Gasteiger partial charge on any atom is 0.331 e. The lowest BCUT2D eigenvalue weighted by molar-refractivity contribution is -0.136. The highest BCUT2D eigenvalue weighted by molar-refractivity contribution is 6.32. The molecular formula is C21H18ClNO7. The fourth-order valence-electron chi connectivity index (χ4n) is 2.72. The zero-order chi connectivity index (χ0) is 21.7. The number of benzene rings is 2. The minimum Gasteiger partial charge on any atom is -0.493 e. The molecule has 8 nitrogen and oxygen atoms in total. The van der Waals surface area contributed by atoms with Crippen LogP contribution in [0, 0.1) is 0 Å². The number of carbonyl (C=O) groups is 3. The summed E-state index contributed by atoms with van der Waals surface area (Å²) >= 11 is 6.12. The van der Waals surface area contributed by atoms with Gasteiger partial charge in [-0.15, -0.1) is 0 Å². The van der Waals surface area contributed by atoms with Crippen molar-refractivity contribution in [2.75, 3.05) is 32.8 Å². The predicted octanol–water partition coefficient (Wildman–Crippen LogP) is 3.13. The number of esters is 1. The van der Waals surface area contributed by atoms with Gasteiger partial charge in [0.15, 0.2) is 30.5 Å². The molecule has 1 heterocycles. The van der Waals surface area contributed by atoms with E-state index in [1.165, 1.54) is 38.5 Å². The molecule has 0 bridgehead atoms. The lowest BCUT2D eigenvalue weighted by Crippen LogP contribution is -2.25. The van der Waals surface area contributed by atoms with E-state index in [0.29, 0.717) is 33.5 Å². The van der Waals surface area contributed by atoms with Crippen LogP contribution >= 0.6 is 11.6 Å². The zero-order valence-electron chi connectivity index (χ0n) is 16.2. The van der Waals surface area contributed by atoms with Crippen LogP contribution in [0.5, 0.6) is 17.2 Å². The highest BCUT2D eigenvalue weighted by atomic mass is 35.5. The lowest BCUT2D eigenvalue weighted by atomic mass is 10.1. The van der Waals surface area contributed by atoms with E-state index in [-0.39, 0.29) is 18.1 Å². The molecule has 1 aliphatic heterocycles. The van der Waals surface area contributed by atoms with Gasteiger partial charge in [0.25, 0.3) is 5.91 Å². The van der Waals surface area contributed by atoms with Gasteiger partial charge in [-0.2, -0.15) is 0 Å². The van der Waals surface area contributed by atoms with Gasteiger partial charge in [-0.05, 0) is 42.0 Å². The molecule has 0 aromatic heterocycles. The van der Waals surface area contributed by atoms with Crippen molar-refractivity contribution in [2.45, 2.75) is 0 Å². The van der Waals surface area contributed by atoms with Gasteiger partial charge in [-0.25, -0.2) is 4.79 Å². The van der Waals surface area contributed by atoms with Crippen molar-refractivity contribution in [2.24, 2.45) is 0 Å². The summed E-state index contributed by atoms with van der Waals surface area (Å²) in [6.45, 7) is -0.529. The largest absolute Gasteiger partial charge is 0.493 e. The van der Waals surface area contributed by atoms with Crippen LogP contribution < -0.4 is 19.5 Å². The number of fused-ring (bicyclic) bond motifs is 1. The number of halogens is 1. The Kier molecular flexibility index (Phi) is 6.58. The molecule has 1 N–H and O–H groups in total. The number of ketones is 1. The third-order valence-electron chi connectivity index (χ3n) is 4.15. The molecule has 156 valence electrons. The number of rotatable bonds is 7. The molecule has 0 radical (unpaired) electrons. The molecule has 0 aliphatic carbocycles. The number of nitrogens with one attached hydrogen (secondary N) is 1. The van der Waals surface area contributed by atoms with Crippen LogP contribution in [0.2, 0.25) is 5.02 Å². The average molecular weight is 432 g/mol. The summed E-state index contributed by atoms with van der Waals surface area (Å²) in [7, 11) is 2.94. The second-order valence-electron chi connectivity index (χ2n) is 6.15. The molecule has 2 aromatic carbocycles. The third kappa shape index (κ3) is 4.90. The first-order valence-corrected chi connectivity index (χ1v) is 9.15. The van der Waals surface area contributed by atoms with E-state index in [2.05, 4.69) is 5.32 Å². The van der Waals surface area contributed by atoms with Gasteiger partial charge in [-0.3, -0.25) is 9.59 Å². The normalized spacial score (nSPS) is 12.6. The van der Waals surface area contributed by atoms with Crippen LogP contribution in [0.3, 0.4) is 0 Å². The summed E-state index contributed by atoms with van der Waals surface area (Å²) in [6, 6.07) is 7.83. The molecule has 1 aliphatic rings. The average Bonchev–Trinajstić information content (AvgIpc) is 2.74. The first kappa shape index (κ1) is 21.2. The van der Waals surface area contributed by atoms with Gasteiger partial charge in [0.1, 0.15) is 5.75 Å². The molecule has 1 amide bonds. The van der Waals surface area contributed by atoms with E-state index in [4.69, 9.17) is 30.5 Å². The molecule has 3 rings (SSSR count). The highest BCUT2D eigenvalue weighted by Crippen LogP contribution is 2.36. The van der Waals surface area contributed by atoms with Crippen LogP contribution in [0.1, 0.15) is 15.9 Å². The Labute approximate surface area is 177 Å². The van der Waals surface area contributed by atoms with Gasteiger partial charge in [0.2, 0.25) is 0 Å². The number of ether oxygens (including phenoxy) is 4. The van der Waals surface area contributed by atoms with E-state index >= 15 is 0 Å². The summed E-state index contributed by atoms with van der Waals surface area (Å²) < 4.78 is 20.6. The van der Waals surface area contributed by atoms with Crippen molar-refractivity contribution >= 4 is 41.0 Å². The summed E-state index contributed by atoms with van der Waals surface area (Å²) in [5.74, 6) is -0.163. The second kappa shape index (κ2) is 9.32. The molecule has 0 saturated carbocycles. The number of hydrogen-bond donors (Lipinski definition) is 1. The van der Waals surface area contributed by atoms with Gasteiger partial charge in [-0.1, -0.05) is 11.6 Å². The second-order valence-corrected chi connectivity index (χ2v) is 6.56. The SMILES string of the molecule is COc1cc(/C=C/C(=O)OCC(=O)c2ccc3c(c2)NC(=O)CO3)cc(Cl)c1OC. The highest BCUT2D eigenvalue weighted by Gasteiger charge is 2.18. The summed E-state index contributed by atoms with van der Waals surface area (Å²) in [6.07, 6.45) is 2.65. The zero-order valence-corrected chi connectivity index (χ0v) is 16.9. The topological polar surface area (TPSA) is 100 Å².